The third kappa shape index (κ3) is 3.13. The number of hydrogen-bond acceptors (Lipinski definition) is 5. The lowest BCUT2D eigenvalue weighted by Gasteiger charge is -2.25. The minimum atomic E-state index is -0.121. The van der Waals surface area contributed by atoms with E-state index in [1.807, 2.05) is 18.3 Å². The normalized spacial score (nSPS) is 16.3. The molecule has 3 heterocycles. The van der Waals surface area contributed by atoms with Gasteiger partial charge in [-0.05, 0) is 31.4 Å². The molecule has 0 bridgehead atoms. The summed E-state index contributed by atoms with van der Waals surface area (Å²) in [6.45, 7) is 0. The van der Waals surface area contributed by atoms with Crippen LogP contribution in [-0.4, -0.2) is 30.6 Å². The first-order chi connectivity index (χ1) is 12.2. The summed E-state index contributed by atoms with van der Waals surface area (Å²) in [5.41, 5.74) is 3.51. The Morgan fingerprint density at radius 3 is 2.88 bits per heavy atom. The topological polar surface area (TPSA) is 85.6 Å². The average Bonchev–Trinajstić information content (AvgIpc) is 3.09. The number of amides is 1. The van der Waals surface area contributed by atoms with Crippen molar-refractivity contribution < 1.29 is 4.79 Å². The molecule has 7 nitrogen and oxygen atoms in total. The Balaban J connectivity index is 1.59. The molecule has 126 valence electrons. The van der Waals surface area contributed by atoms with Crippen LogP contribution in [0.5, 0.6) is 0 Å². The molecule has 3 aromatic heterocycles. The number of nitrogens with zero attached hydrogens (tertiary/aromatic N) is 5. The Labute approximate surface area is 145 Å². The van der Waals surface area contributed by atoms with Crippen LogP contribution in [0.2, 0.25) is 0 Å². The molecule has 1 aliphatic rings. The maximum Gasteiger partial charge on any atom is 0.254 e. The quantitative estimate of drug-likeness (QED) is 0.792. The smallest absolute Gasteiger partial charge is 0.254 e. The van der Waals surface area contributed by atoms with Gasteiger partial charge in [-0.15, -0.1) is 0 Å². The molecular formula is C18H18N6O. The molecule has 0 fully saturated rings. The molecule has 7 heteroatoms. The fourth-order valence-electron chi connectivity index (χ4n) is 3.12. The second-order valence-electron chi connectivity index (χ2n) is 6.15. The van der Waals surface area contributed by atoms with Crippen LogP contribution in [0.15, 0.2) is 43.1 Å². The number of carbonyl (C=O) groups is 1. The van der Waals surface area contributed by atoms with Crippen LogP contribution in [0.1, 0.15) is 40.5 Å². The number of carbonyl (C=O) groups excluding carboxylic acids is 1. The second kappa shape index (κ2) is 6.43. The molecule has 0 unspecified atom stereocenters. The molecule has 1 aliphatic carbocycles. The van der Waals surface area contributed by atoms with Crippen molar-refractivity contribution in [2.24, 2.45) is 7.05 Å². The van der Waals surface area contributed by atoms with E-state index in [2.05, 4.69) is 20.4 Å². The van der Waals surface area contributed by atoms with Gasteiger partial charge in [-0.1, -0.05) is 0 Å². The molecule has 0 saturated heterocycles. The van der Waals surface area contributed by atoms with Crippen molar-refractivity contribution >= 4 is 5.91 Å². The van der Waals surface area contributed by atoms with Crippen LogP contribution >= 0.6 is 0 Å². The summed E-state index contributed by atoms with van der Waals surface area (Å²) in [6, 6.07) is 3.72. The number of aryl methyl sites for hydroxylation is 2. The zero-order chi connectivity index (χ0) is 17.2. The van der Waals surface area contributed by atoms with Crippen LogP contribution in [0, 0.1) is 0 Å². The second-order valence-corrected chi connectivity index (χ2v) is 6.15. The number of rotatable bonds is 3. The molecule has 25 heavy (non-hydrogen) atoms. The monoisotopic (exact) mass is 334 g/mol. The minimum Gasteiger partial charge on any atom is -0.345 e. The van der Waals surface area contributed by atoms with E-state index >= 15 is 0 Å². The summed E-state index contributed by atoms with van der Waals surface area (Å²) in [7, 11) is 1.79. The van der Waals surface area contributed by atoms with Crippen molar-refractivity contribution in [3.05, 3.63) is 59.9 Å². The Morgan fingerprint density at radius 2 is 2.12 bits per heavy atom. The fourth-order valence-corrected chi connectivity index (χ4v) is 3.12. The van der Waals surface area contributed by atoms with Gasteiger partial charge in [-0.3, -0.25) is 14.5 Å². The maximum atomic E-state index is 12.4. The van der Waals surface area contributed by atoms with Crippen molar-refractivity contribution in [2.75, 3.05) is 0 Å². The van der Waals surface area contributed by atoms with Crippen molar-refractivity contribution in [3.63, 3.8) is 0 Å². The van der Waals surface area contributed by atoms with Gasteiger partial charge in [0.25, 0.3) is 5.91 Å². The van der Waals surface area contributed by atoms with Crippen molar-refractivity contribution in [1.29, 1.82) is 0 Å². The number of nitrogens with one attached hydrogen (secondary N) is 1. The van der Waals surface area contributed by atoms with E-state index in [9.17, 15) is 4.79 Å². The van der Waals surface area contributed by atoms with E-state index < -0.39 is 0 Å². The van der Waals surface area contributed by atoms with Gasteiger partial charge in [0.2, 0.25) is 0 Å². The molecule has 1 amide bonds. The van der Waals surface area contributed by atoms with E-state index in [4.69, 9.17) is 4.98 Å². The molecule has 3 aromatic rings. The van der Waals surface area contributed by atoms with Gasteiger partial charge in [0.05, 0.1) is 17.8 Å². The summed E-state index contributed by atoms with van der Waals surface area (Å²) in [6.07, 6.45) is 11.4. The molecule has 0 saturated carbocycles. The molecule has 1 N–H and O–H groups in total. The van der Waals surface area contributed by atoms with Crippen LogP contribution < -0.4 is 5.32 Å². The molecule has 0 spiro atoms. The van der Waals surface area contributed by atoms with E-state index in [1.165, 1.54) is 0 Å². The van der Waals surface area contributed by atoms with Gasteiger partial charge >= 0.3 is 0 Å². The molecule has 4 rings (SSSR count). The molecule has 0 aromatic carbocycles. The SMILES string of the molecule is Cn1cc(C(=O)N[C@H]2CCCc3nc(-c4ccncc4)ncc32)cn1. The lowest BCUT2D eigenvalue weighted by molar-refractivity contribution is 0.0932. The summed E-state index contributed by atoms with van der Waals surface area (Å²) in [4.78, 5) is 25.6. The Bertz CT molecular complexity index is 905. The van der Waals surface area contributed by atoms with E-state index in [0.29, 0.717) is 11.4 Å². The molecule has 0 radical (unpaired) electrons. The highest BCUT2D eigenvalue weighted by atomic mass is 16.1. The Kier molecular flexibility index (Phi) is 3.97. The van der Waals surface area contributed by atoms with Gasteiger partial charge in [0, 0.05) is 48.7 Å². The van der Waals surface area contributed by atoms with E-state index in [1.54, 1.807) is 36.5 Å². The molecule has 1 atom stereocenters. The van der Waals surface area contributed by atoms with Crippen LogP contribution in [0.3, 0.4) is 0 Å². The third-order valence-electron chi connectivity index (χ3n) is 4.39. The maximum absolute atomic E-state index is 12.4. The predicted octanol–water partition coefficient (Wildman–Crippen LogP) is 2.08. The van der Waals surface area contributed by atoms with Crippen LogP contribution in [0.25, 0.3) is 11.4 Å². The summed E-state index contributed by atoms with van der Waals surface area (Å²) >= 11 is 0. The fraction of sp³-hybridized carbons (Fsp3) is 0.278. The highest BCUT2D eigenvalue weighted by Crippen LogP contribution is 2.29. The highest BCUT2D eigenvalue weighted by molar-refractivity contribution is 5.94. The standard InChI is InChI=1S/C18H18N6O/c1-24-11-13(9-21-24)18(25)23-16-4-2-3-15-14(16)10-20-17(22-15)12-5-7-19-8-6-12/h5-11,16H,2-4H2,1H3,(H,23,25)/t16-/m0/s1. The van der Waals surface area contributed by atoms with Gasteiger partial charge in [-0.2, -0.15) is 5.10 Å². The lowest BCUT2D eigenvalue weighted by Crippen LogP contribution is -2.31. The molecular weight excluding hydrogens is 316 g/mol. The van der Waals surface area contributed by atoms with E-state index in [-0.39, 0.29) is 11.9 Å². The first-order valence-corrected chi connectivity index (χ1v) is 8.26. The third-order valence-corrected chi connectivity index (χ3v) is 4.39. The van der Waals surface area contributed by atoms with Gasteiger partial charge in [-0.25, -0.2) is 9.97 Å². The average molecular weight is 334 g/mol. The van der Waals surface area contributed by atoms with Gasteiger partial charge < -0.3 is 5.32 Å². The van der Waals surface area contributed by atoms with Crippen LogP contribution in [0.4, 0.5) is 0 Å². The zero-order valence-corrected chi connectivity index (χ0v) is 13.9. The minimum absolute atomic E-state index is 0.0667. The zero-order valence-electron chi connectivity index (χ0n) is 13.9. The Hall–Kier alpha value is -3.09. The Morgan fingerprint density at radius 1 is 1.28 bits per heavy atom. The largest absolute Gasteiger partial charge is 0.345 e. The summed E-state index contributed by atoms with van der Waals surface area (Å²) < 4.78 is 1.62. The highest BCUT2D eigenvalue weighted by Gasteiger charge is 2.24. The van der Waals surface area contributed by atoms with E-state index in [0.717, 1.165) is 36.1 Å². The first-order valence-electron chi connectivity index (χ1n) is 8.26. The molecule has 0 aliphatic heterocycles. The summed E-state index contributed by atoms with van der Waals surface area (Å²) in [5, 5.41) is 7.13. The van der Waals surface area contributed by atoms with Gasteiger partial charge in [0.15, 0.2) is 5.82 Å². The number of pyridine rings is 1. The number of aromatic nitrogens is 5. The predicted molar refractivity (Wildman–Crippen MR) is 91.6 cm³/mol. The summed E-state index contributed by atoms with van der Waals surface area (Å²) in [5.74, 6) is 0.574. The van der Waals surface area contributed by atoms with Crippen LogP contribution in [-0.2, 0) is 13.5 Å². The lowest BCUT2D eigenvalue weighted by atomic mass is 9.92. The van der Waals surface area contributed by atoms with Crippen molar-refractivity contribution in [1.82, 2.24) is 30.0 Å². The number of hydrogen-bond donors (Lipinski definition) is 1. The van der Waals surface area contributed by atoms with Crippen molar-refractivity contribution in [2.45, 2.75) is 25.3 Å². The van der Waals surface area contributed by atoms with Crippen molar-refractivity contribution in [3.8, 4) is 11.4 Å². The first kappa shape index (κ1) is 15.4. The van der Waals surface area contributed by atoms with Gasteiger partial charge in [0.1, 0.15) is 0 Å². The number of fused-ring (bicyclic) bond motifs is 1.